The Labute approximate surface area is 121 Å². The summed E-state index contributed by atoms with van der Waals surface area (Å²) in [5.74, 6) is -0.459. The largest absolute Gasteiger partial charge is 0.386 e. The molecule has 3 heteroatoms. The highest BCUT2D eigenvalue weighted by Gasteiger charge is 2.31. The predicted molar refractivity (Wildman–Crippen MR) is 80.3 cm³/mol. The molecule has 1 aliphatic heterocycles. The quantitative estimate of drug-likeness (QED) is 0.865. The number of ether oxygens (including phenoxy) is 2. The zero-order valence-corrected chi connectivity index (χ0v) is 12.3. The molecule has 0 radical (unpaired) electrons. The first kappa shape index (κ1) is 15.2. The average Bonchev–Trinajstić information content (AvgIpc) is 2.85. The molecule has 0 aliphatic carbocycles. The zero-order chi connectivity index (χ0) is 14.5. The van der Waals surface area contributed by atoms with E-state index < -0.39 is 11.4 Å². The third kappa shape index (κ3) is 4.75. The van der Waals surface area contributed by atoms with Gasteiger partial charge in [-0.15, -0.1) is 0 Å². The fourth-order valence-corrected chi connectivity index (χ4v) is 2.39. The average molecular weight is 276 g/mol. The van der Waals surface area contributed by atoms with E-state index in [0.29, 0.717) is 19.6 Å². The van der Waals surface area contributed by atoms with E-state index in [-0.39, 0.29) is 0 Å². The van der Waals surface area contributed by atoms with Crippen molar-refractivity contribution in [2.24, 2.45) is 0 Å². The van der Waals surface area contributed by atoms with E-state index in [2.05, 4.69) is 0 Å². The van der Waals surface area contributed by atoms with E-state index in [0.717, 1.165) is 18.4 Å². The molecule has 0 amide bonds. The Morgan fingerprint density at radius 1 is 1.25 bits per heavy atom. The molecular formula is C17H24O3. The van der Waals surface area contributed by atoms with Crippen molar-refractivity contribution in [2.45, 2.75) is 44.5 Å². The summed E-state index contributed by atoms with van der Waals surface area (Å²) in [6, 6.07) is 10.0. The van der Waals surface area contributed by atoms with E-state index in [9.17, 15) is 5.11 Å². The van der Waals surface area contributed by atoms with E-state index in [4.69, 9.17) is 9.47 Å². The molecule has 1 aromatic carbocycles. The third-order valence-electron chi connectivity index (χ3n) is 3.65. The summed E-state index contributed by atoms with van der Waals surface area (Å²) in [6.45, 7) is 5.14. The second kappa shape index (κ2) is 6.53. The lowest BCUT2D eigenvalue weighted by Crippen LogP contribution is -2.27. The summed E-state index contributed by atoms with van der Waals surface area (Å²) >= 11 is 0. The van der Waals surface area contributed by atoms with Crippen molar-refractivity contribution in [2.75, 3.05) is 13.2 Å². The summed E-state index contributed by atoms with van der Waals surface area (Å²) in [7, 11) is 0. The Morgan fingerprint density at radius 2 is 1.90 bits per heavy atom. The summed E-state index contributed by atoms with van der Waals surface area (Å²) < 4.78 is 11.1. The van der Waals surface area contributed by atoms with Gasteiger partial charge in [-0.2, -0.15) is 0 Å². The number of hydrogen-bond acceptors (Lipinski definition) is 3. The Balaban J connectivity index is 1.80. The van der Waals surface area contributed by atoms with Gasteiger partial charge < -0.3 is 14.6 Å². The molecule has 1 aromatic rings. The lowest BCUT2D eigenvalue weighted by atomic mass is 9.96. The van der Waals surface area contributed by atoms with Crippen LogP contribution in [0.5, 0.6) is 0 Å². The first-order valence-electron chi connectivity index (χ1n) is 7.24. The van der Waals surface area contributed by atoms with Crippen molar-refractivity contribution in [1.29, 1.82) is 0 Å². The van der Waals surface area contributed by atoms with Crippen LogP contribution in [0.1, 0.15) is 38.7 Å². The van der Waals surface area contributed by atoms with Gasteiger partial charge in [-0.1, -0.05) is 42.5 Å². The lowest BCUT2D eigenvalue weighted by Gasteiger charge is -2.25. The van der Waals surface area contributed by atoms with Crippen LogP contribution in [0.3, 0.4) is 0 Å². The van der Waals surface area contributed by atoms with Gasteiger partial charge >= 0.3 is 0 Å². The van der Waals surface area contributed by atoms with Crippen molar-refractivity contribution in [1.82, 2.24) is 0 Å². The number of benzene rings is 1. The van der Waals surface area contributed by atoms with Crippen LogP contribution >= 0.6 is 0 Å². The molecule has 1 heterocycles. The van der Waals surface area contributed by atoms with Crippen molar-refractivity contribution in [3.63, 3.8) is 0 Å². The molecule has 0 aromatic heterocycles. The monoisotopic (exact) mass is 276 g/mol. The van der Waals surface area contributed by atoms with Crippen LogP contribution < -0.4 is 0 Å². The smallest absolute Gasteiger partial charge is 0.165 e. The molecule has 1 aliphatic rings. The third-order valence-corrected chi connectivity index (χ3v) is 3.65. The van der Waals surface area contributed by atoms with Gasteiger partial charge in [0.1, 0.15) is 0 Å². The topological polar surface area (TPSA) is 38.7 Å². The van der Waals surface area contributed by atoms with Crippen molar-refractivity contribution >= 4 is 6.08 Å². The maximum Gasteiger partial charge on any atom is 0.165 e. The van der Waals surface area contributed by atoms with Crippen molar-refractivity contribution < 1.29 is 14.6 Å². The molecule has 0 spiro atoms. The minimum Gasteiger partial charge on any atom is -0.386 e. The Bertz CT molecular complexity index is 431. The molecule has 0 unspecified atom stereocenters. The van der Waals surface area contributed by atoms with Gasteiger partial charge in [-0.05, 0) is 32.3 Å². The zero-order valence-electron chi connectivity index (χ0n) is 12.3. The van der Waals surface area contributed by atoms with Gasteiger partial charge in [0.05, 0.1) is 18.8 Å². The van der Waals surface area contributed by atoms with Crippen LogP contribution in [0.15, 0.2) is 36.4 Å². The number of aliphatic hydroxyl groups is 1. The molecular weight excluding hydrogens is 252 g/mol. The fourth-order valence-electron chi connectivity index (χ4n) is 2.39. The van der Waals surface area contributed by atoms with Crippen LogP contribution in [0.25, 0.3) is 6.08 Å². The Kier molecular flexibility index (Phi) is 4.97. The van der Waals surface area contributed by atoms with Crippen LogP contribution in [0, 0.1) is 0 Å². The van der Waals surface area contributed by atoms with Crippen LogP contribution in [0.4, 0.5) is 0 Å². The maximum atomic E-state index is 10.4. The number of hydrogen-bond donors (Lipinski definition) is 1. The molecule has 1 atom stereocenters. The van der Waals surface area contributed by atoms with E-state index in [1.807, 2.05) is 56.3 Å². The van der Waals surface area contributed by atoms with Gasteiger partial charge in [-0.3, -0.25) is 0 Å². The van der Waals surface area contributed by atoms with Gasteiger partial charge in [0, 0.05) is 6.42 Å². The molecule has 2 rings (SSSR count). The Morgan fingerprint density at radius 3 is 2.55 bits per heavy atom. The first-order chi connectivity index (χ1) is 9.49. The highest BCUT2D eigenvalue weighted by Crippen LogP contribution is 2.27. The molecule has 0 bridgehead atoms. The van der Waals surface area contributed by atoms with Crippen molar-refractivity contribution in [3.8, 4) is 0 Å². The molecule has 3 nitrogen and oxygen atoms in total. The second-order valence-corrected chi connectivity index (χ2v) is 5.79. The highest BCUT2D eigenvalue weighted by atomic mass is 16.7. The molecule has 110 valence electrons. The summed E-state index contributed by atoms with van der Waals surface area (Å²) in [4.78, 5) is 0. The normalized spacial score (nSPS) is 21.1. The number of rotatable bonds is 6. The summed E-state index contributed by atoms with van der Waals surface area (Å²) in [6.07, 6.45) is 6.19. The second-order valence-electron chi connectivity index (χ2n) is 5.79. The Hall–Kier alpha value is -1.16. The van der Waals surface area contributed by atoms with E-state index in [1.54, 1.807) is 0 Å². The predicted octanol–water partition coefficient (Wildman–Crippen LogP) is 3.38. The van der Waals surface area contributed by atoms with Gasteiger partial charge in [-0.25, -0.2) is 0 Å². The minimum atomic E-state index is -0.801. The SMILES string of the molecule is CC1(CCC[C@](C)(O)/C=C/c2ccccc2)OCCO1. The molecule has 1 fully saturated rings. The summed E-state index contributed by atoms with van der Waals surface area (Å²) in [5.41, 5.74) is 0.298. The first-order valence-corrected chi connectivity index (χ1v) is 7.24. The van der Waals surface area contributed by atoms with Gasteiger partial charge in [0.2, 0.25) is 0 Å². The van der Waals surface area contributed by atoms with Crippen LogP contribution in [-0.4, -0.2) is 29.7 Å². The van der Waals surface area contributed by atoms with E-state index >= 15 is 0 Å². The van der Waals surface area contributed by atoms with Gasteiger partial charge in [0.15, 0.2) is 5.79 Å². The molecule has 20 heavy (non-hydrogen) atoms. The van der Waals surface area contributed by atoms with E-state index in [1.165, 1.54) is 0 Å². The maximum absolute atomic E-state index is 10.4. The fraction of sp³-hybridized carbons (Fsp3) is 0.529. The molecule has 0 saturated carbocycles. The lowest BCUT2D eigenvalue weighted by molar-refractivity contribution is -0.148. The van der Waals surface area contributed by atoms with Crippen LogP contribution in [-0.2, 0) is 9.47 Å². The van der Waals surface area contributed by atoms with Gasteiger partial charge in [0.25, 0.3) is 0 Å². The highest BCUT2D eigenvalue weighted by molar-refractivity contribution is 5.49. The minimum absolute atomic E-state index is 0.459. The molecule has 1 N–H and O–H groups in total. The standard InChI is InChI=1S/C17H24O3/c1-16(18,12-9-15-7-4-3-5-8-15)10-6-11-17(2)19-13-14-20-17/h3-5,7-9,12,18H,6,10-11,13-14H2,1-2H3/b12-9+/t16-/m0/s1. The molecule has 1 saturated heterocycles. The van der Waals surface area contributed by atoms with Crippen molar-refractivity contribution in [3.05, 3.63) is 42.0 Å². The van der Waals surface area contributed by atoms with Crippen LogP contribution in [0.2, 0.25) is 0 Å². The summed E-state index contributed by atoms with van der Waals surface area (Å²) in [5, 5.41) is 10.4.